The minimum atomic E-state index is -1.73. The second kappa shape index (κ2) is 14.7. The Morgan fingerprint density at radius 2 is 1.18 bits per heavy atom. The summed E-state index contributed by atoms with van der Waals surface area (Å²) in [6, 6.07) is -0.217. The zero-order chi connectivity index (χ0) is 29.0. The van der Waals surface area contributed by atoms with E-state index in [1.165, 1.54) is 24.3 Å². The number of aliphatic carboxylic acids is 1. The summed E-state index contributed by atoms with van der Waals surface area (Å²) in [6.07, 6.45) is -2.22. The van der Waals surface area contributed by atoms with Gasteiger partial charge in [-0.2, -0.15) is 0 Å². The summed E-state index contributed by atoms with van der Waals surface area (Å²) < 4.78 is 0. The van der Waals surface area contributed by atoms with E-state index in [-0.39, 0.29) is 18.6 Å². The van der Waals surface area contributed by atoms with Gasteiger partial charge in [-0.05, 0) is 30.5 Å². The van der Waals surface area contributed by atoms with Crippen LogP contribution >= 0.6 is 0 Å². The highest BCUT2D eigenvalue weighted by Gasteiger charge is 2.31. The Hall–Kier alpha value is -4.73. The maximum atomic E-state index is 12.9. The number of hydrogen-bond donors (Lipinski definition) is 9. The lowest BCUT2D eigenvalue weighted by atomic mass is 10.0. The Morgan fingerprint density at radius 1 is 0.711 bits per heavy atom. The second-order valence-electron chi connectivity index (χ2n) is 8.34. The molecule has 4 atom stereocenters. The van der Waals surface area contributed by atoms with Crippen molar-refractivity contribution in [1.29, 1.82) is 0 Å². The van der Waals surface area contributed by atoms with Crippen molar-refractivity contribution in [2.24, 2.45) is 22.9 Å². The first-order valence-corrected chi connectivity index (χ1v) is 11.2. The average molecular weight is 538 g/mol. The van der Waals surface area contributed by atoms with Gasteiger partial charge in [0.15, 0.2) is 0 Å². The van der Waals surface area contributed by atoms with Crippen molar-refractivity contribution in [2.75, 3.05) is 0 Å². The fourth-order valence-corrected chi connectivity index (χ4v) is 3.17. The first kappa shape index (κ1) is 31.3. The number of nitrogens with two attached hydrogens (primary N) is 4. The van der Waals surface area contributed by atoms with Crippen LogP contribution in [-0.2, 0) is 40.0 Å². The number of carboxylic acids is 1. The summed E-state index contributed by atoms with van der Waals surface area (Å²) in [5.41, 5.74) is 21.7. The molecule has 0 aliphatic rings. The van der Waals surface area contributed by atoms with Crippen LogP contribution in [0.25, 0.3) is 0 Å². The molecule has 0 aliphatic carbocycles. The van der Waals surface area contributed by atoms with Gasteiger partial charge in [-0.25, -0.2) is 4.79 Å². The van der Waals surface area contributed by atoms with Gasteiger partial charge in [-0.1, -0.05) is 12.1 Å². The molecule has 0 spiro atoms. The number of aromatic hydroxyl groups is 1. The molecule has 38 heavy (non-hydrogen) atoms. The summed E-state index contributed by atoms with van der Waals surface area (Å²) in [4.78, 5) is 83.4. The van der Waals surface area contributed by atoms with Crippen molar-refractivity contribution in [3.63, 3.8) is 0 Å². The molecule has 16 heteroatoms. The van der Waals surface area contributed by atoms with Crippen molar-refractivity contribution in [1.82, 2.24) is 16.0 Å². The summed E-state index contributed by atoms with van der Waals surface area (Å²) >= 11 is 0. The molecule has 1 rings (SSSR count). The monoisotopic (exact) mass is 537 g/mol. The van der Waals surface area contributed by atoms with E-state index in [4.69, 9.17) is 22.9 Å². The number of rotatable bonds is 16. The van der Waals surface area contributed by atoms with Crippen LogP contribution in [0.3, 0.4) is 0 Å². The predicted octanol–water partition coefficient (Wildman–Crippen LogP) is -4.18. The number of carboxylic acid groups (broad SMARTS) is 1. The average Bonchev–Trinajstić information content (AvgIpc) is 2.81. The Labute approximate surface area is 216 Å². The summed E-state index contributed by atoms with van der Waals surface area (Å²) in [6.45, 7) is 0. The fraction of sp³-hybridized carbons (Fsp3) is 0.409. The molecular weight excluding hydrogens is 506 g/mol. The summed E-state index contributed by atoms with van der Waals surface area (Å²) in [5.74, 6) is -7.44. The summed E-state index contributed by atoms with van der Waals surface area (Å²) in [7, 11) is 0. The van der Waals surface area contributed by atoms with Gasteiger partial charge < -0.3 is 49.1 Å². The Balaban J connectivity index is 3.02. The number of hydrogen-bond acceptors (Lipinski definition) is 9. The first-order chi connectivity index (χ1) is 17.7. The molecular formula is C22H31N7O9. The number of benzene rings is 1. The molecule has 0 heterocycles. The van der Waals surface area contributed by atoms with E-state index in [2.05, 4.69) is 10.6 Å². The van der Waals surface area contributed by atoms with Gasteiger partial charge >= 0.3 is 5.97 Å². The van der Waals surface area contributed by atoms with Crippen LogP contribution < -0.4 is 38.9 Å². The molecule has 6 amide bonds. The molecule has 208 valence electrons. The Morgan fingerprint density at radius 3 is 1.68 bits per heavy atom. The molecule has 1 aromatic carbocycles. The number of primary amides is 3. The molecule has 0 saturated heterocycles. The van der Waals surface area contributed by atoms with Crippen LogP contribution in [0.15, 0.2) is 24.3 Å². The minimum absolute atomic E-state index is 0.00388. The van der Waals surface area contributed by atoms with Gasteiger partial charge in [0.05, 0.1) is 18.9 Å². The highest BCUT2D eigenvalue weighted by atomic mass is 16.4. The standard InChI is InChI=1S/C22H31N7O9/c23-12(7-10-1-3-11(30)4-2-10)19(34)28-14(8-17(25)32)21(36)27-13(5-6-16(24)31)20(35)29-15(22(37)38)9-18(26)33/h1-4,12-15,30H,5-9,23H2,(H2,24,31)(H2,25,32)(H2,26,33)(H,27,36)(H,28,34)(H,29,35)(H,37,38). The lowest BCUT2D eigenvalue weighted by Gasteiger charge is -2.24. The number of phenolic OH excluding ortho intramolecular Hbond substituents is 1. The third-order valence-electron chi connectivity index (χ3n) is 5.10. The van der Waals surface area contributed by atoms with E-state index in [1.54, 1.807) is 0 Å². The molecule has 0 aliphatic heterocycles. The Bertz CT molecular complexity index is 1060. The lowest BCUT2D eigenvalue weighted by Crippen LogP contribution is -2.58. The first-order valence-electron chi connectivity index (χ1n) is 11.2. The van der Waals surface area contributed by atoms with Crippen molar-refractivity contribution >= 4 is 41.4 Å². The van der Waals surface area contributed by atoms with E-state index in [0.29, 0.717) is 5.56 Å². The van der Waals surface area contributed by atoms with Crippen LogP contribution in [0.4, 0.5) is 0 Å². The van der Waals surface area contributed by atoms with E-state index in [0.717, 1.165) is 0 Å². The molecule has 0 radical (unpaired) electrons. The second-order valence-corrected chi connectivity index (χ2v) is 8.34. The van der Waals surface area contributed by atoms with Gasteiger partial charge in [0.25, 0.3) is 0 Å². The third-order valence-corrected chi connectivity index (χ3v) is 5.10. The number of phenols is 1. The normalized spacial score (nSPS) is 13.7. The van der Waals surface area contributed by atoms with Gasteiger partial charge in [-0.15, -0.1) is 0 Å². The Kier molecular flexibility index (Phi) is 12.1. The summed E-state index contributed by atoms with van der Waals surface area (Å²) in [5, 5.41) is 25.1. The molecule has 0 aromatic heterocycles. The van der Waals surface area contributed by atoms with Crippen molar-refractivity contribution in [2.45, 2.75) is 56.3 Å². The molecule has 1 aromatic rings. The van der Waals surface area contributed by atoms with E-state index in [1.807, 2.05) is 5.32 Å². The van der Waals surface area contributed by atoms with Gasteiger partial charge in [0.2, 0.25) is 35.4 Å². The van der Waals surface area contributed by atoms with Crippen LogP contribution in [-0.4, -0.2) is 75.8 Å². The molecule has 16 nitrogen and oxygen atoms in total. The van der Waals surface area contributed by atoms with E-state index < -0.39 is 84.8 Å². The minimum Gasteiger partial charge on any atom is -0.508 e. The zero-order valence-corrected chi connectivity index (χ0v) is 20.2. The van der Waals surface area contributed by atoms with Crippen molar-refractivity contribution < 1.29 is 43.8 Å². The molecule has 4 unspecified atom stereocenters. The SMILES string of the molecule is NC(=O)CCC(NC(=O)C(CC(N)=O)NC(=O)C(N)Cc1ccc(O)cc1)C(=O)NC(CC(N)=O)C(=O)O. The maximum Gasteiger partial charge on any atom is 0.326 e. The number of carbonyl (C=O) groups excluding carboxylic acids is 6. The number of nitrogens with one attached hydrogen (secondary N) is 3. The van der Waals surface area contributed by atoms with E-state index >= 15 is 0 Å². The van der Waals surface area contributed by atoms with Crippen LogP contribution in [0.5, 0.6) is 5.75 Å². The number of carbonyl (C=O) groups is 7. The highest BCUT2D eigenvalue weighted by molar-refractivity contribution is 5.96. The topological polar surface area (TPSA) is 300 Å². The van der Waals surface area contributed by atoms with Gasteiger partial charge in [0.1, 0.15) is 23.9 Å². The van der Waals surface area contributed by atoms with Crippen LogP contribution in [0, 0.1) is 0 Å². The van der Waals surface area contributed by atoms with E-state index in [9.17, 15) is 43.8 Å². The molecule has 0 bridgehead atoms. The quantitative estimate of drug-likeness (QED) is 0.0979. The van der Waals surface area contributed by atoms with Gasteiger partial charge in [-0.3, -0.25) is 28.8 Å². The zero-order valence-electron chi connectivity index (χ0n) is 20.2. The number of amides is 6. The third kappa shape index (κ3) is 11.3. The van der Waals surface area contributed by atoms with Crippen molar-refractivity contribution in [3.8, 4) is 5.75 Å². The van der Waals surface area contributed by atoms with Crippen LogP contribution in [0.1, 0.15) is 31.2 Å². The molecule has 13 N–H and O–H groups in total. The van der Waals surface area contributed by atoms with Gasteiger partial charge in [0, 0.05) is 6.42 Å². The maximum absolute atomic E-state index is 12.9. The fourth-order valence-electron chi connectivity index (χ4n) is 3.17. The molecule has 0 saturated carbocycles. The highest BCUT2D eigenvalue weighted by Crippen LogP contribution is 2.11. The predicted molar refractivity (Wildman–Crippen MR) is 129 cm³/mol. The van der Waals surface area contributed by atoms with Crippen LogP contribution in [0.2, 0.25) is 0 Å². The smallest absolute Gasteiger partial charge is 0.326 e. The molecule has 0 fully saturated rings. The van der Waals surface area contributed by atoms with Crippen molar-refractivity contribution in [3.05, 3.63) is 29.8 Å². The largest absolute Gasteiger partial charge is 0.508 e. The lowest BCUT2D eigenvalue weighted by molar-refractivity contribution is -0.144.